The average Bonchev–Trinajstić information content (AvgIpc) is 3.79. The highest BCUT2D eigenvalue weighted by Gasteiger charge is 2.17. The van der Waals surface area contributed by atoms with Crippen molar-refractivity contribution in [3.05, 3.63) is 206 Å². The Bertz CT molecular complexity index is 3480. The van der Waals surface area contributed by atoms with Crippen molar-refractivity contribution in [3.8, 4) is 33.6 Å². The minimum absolute atomic E-state index is 1.15. The van der Waals surface area contributed by atoms with Crippen LogP contribution in [0, 0.1) is 0 Å². The van der Waals surface area contributed by atoms with Crippen LogP contribution in [0.3, 0.4) is 0 Å². The van der Waals surface area contributed by atoms with Gasteiger partial charge < -0.3 is 9.13 Å². The Hall–Kier alpha value is -7.42. The van der Waals surface area contributed by atoms with Crippen molar-refractivity contribution >= 4 is 75.9 Å². The Morgan fingerprint density at radius 1 is 0.196 bits per heavy atom. The molecule has 0 bridgehead atoms. The zero-order chi connectivity index (χ0) is 36.7. The largest absolute Gasteiger partial charge is 0.309 e. The molecular formula is C54H34N2. The predicted molar refractivity (Wildman–Crippen MR) is 239 cm³/mol. The van der Waals surface area contributed by atoms with Crippen LogP contribution in [0.5, 0.6) is 0 Å². The maximum Gasteiger partial charge on any atom is 0.0547 e. The summed E-state index contributed by atoms with van der Waals surface area (Å²) in [6.07, 6.45) is 0. The van der Waals surface area contributed by atoms with Crippen LogP contribution in [0.2, 0.25) is 0 Å². The van der Waals surface area contributed by atoms with Crippen LogP contribution in [0.1, 0.15) is 0 Å². The lowest BCUT2D eigenvalue weighted by Gasteiger charge is -2.13. The molecule has 0 unspecified atom stereocenters. The molecule has 0 spiro atoms. The van der Waals surface area contributed by atoms with Crippen molar-refractivity contribution in [1.29, 1.82) is 0 Å². The summed E-state index contributed by atoms with van der Waals surface area (Å²) in [7, 11) is 0. The molecule has 12 rings (SSSR count). The summed E-state index contributed by atoms with van der Waals surface area (Å²) < 4.78 is 4.80. The molecule has 0 saturated heterocycles. The van der Waals surface area contributed by atoms with Gasteiger partial charge >= 0.3 is 0 Å². The molecule has 0 aliphatic rings. The van der Waals surface area contributed by atoms with Gasteiger partial charge in [0.15, 0.2) is 0 Å². The number of para-hydroxylation sites is 3. The van der Waals surface area contributed by atoms with Gasteiger partial charge in [0, 0.05) is 32.9 Å². The summed E-state index contributed by atoms with van der Waals surface area (Å²) in [5.41, 5.74) is 12.0. The first-order chi connectivity index (χ1) is 27.8. The summed E-state index contributed by atoms with van der Waals surface area (Å²) in [5, 5.41) is 12.8. The van der Waals surface area contributed by atoms with Gasteiger partial charge in [-0.25, -0.2) is 0 Å². The average molecular weight is 711 g/mol. The fraction of sp³-hybridized carbons (Fsp3) is 0. The molecule has 0 fully saturated rings. The number of hydrogen-bond acceptors (Lipinski definition) is 0. The highest BCUT2D eigenvalue weighted by atomic mass is 15.0. The zero-order valence-electron chi connectivity index (χ0n) is 30.5. The molecule has 56 heavy (non-hydrogen) atoms. The van der Waals surface area contributed by atoms with E-state index in [1.54, 1.807) is 0 Å². The second kappa shape index (κ2) is 12.0. The van der Waals surface area contributed by atoms with Crippen LogP contribution in [0.15, 0.2) is 206 Å². The third kappa shape index (κ3) is 4.57. The lowest BCUT2D eigenvalue weighted by atomic mass is 9.92. The third-order valence-electron chi connectivity index (χ3n) is 11.9. The van der Waals surface area contributed by atoms with Crippen molar-refractivity contribution < 1.29 is 0 Å². The SMILES string of the molecule is c1ccc(-n2c3ccccc3c3ccc(-c4ccc5c(c4)c4ccccc4n5-c4ccc(-c5ccc6c7ccccc7c7ccccc7c6c5)cc4)cc32)cc1. The lowest BCUT2D eigenvalue weighted by Crippen LogP contribution is -1.94. The molecule has 2 nitrogen and oxygen atoms in total. The van der Waals surface area contributed by atoms with E-state index >= 15 is 0 Å². The Morgan fingerprint density at radius 3 is 1.23 bits per heavy atom. The maximum atomic E-state index is 2.41. The van der Waals surface area contributed by atoms with E-state index in [9.17, 15) is 0 Å². The second-order valence-corrected chi connectivity index (χ2v) is 14.9. The van der Waals surface area contributed by atoms with Gasteiger partial charge in [-0.3, -0.25) is 0 Å². The Labute approximate surface area is 323 Å². The minimum Gasteiger partial charge on any atom is -0.309 e. The van der Waals surface area contributed by atoms with Crippen molar-refractivity contribution in [1.82, 2.24) is 9.13 Å². The first-order valence-corrected chi connectivity index (χ1v) is 19.3. The van der Waals surface area contributed by atoms with Crippen molar-refractivity contribution in [3.63, 3.8) is 0 Å². The molecule has 0 aliphatic heterocycles. The topological polar surface area (TPSA) is 9.86 Å². The molecule has 10 aromatic carbocycles. The number of nitrogens with zero attached hydrogens (tertiary/aromatic N) is 2. The lowest BCUT2D eigenvalue weighted by molar-refractivity contribution is 1.18. The van der Waals surface area contributed by atoms with Crippen LogP contribution in [-0.4, -0.2) is 9.13 Å². The molecular weight excluding hydrogens is 677 g/mol. The van der Waals surface area contributed by atoms with E-state index in [-0.39, 0.29) is 0 Å². The fourth-order valence-corrected chi connectivity index (χ4v) is 9.33. The Kier molecular flexibility index (Phi) is 6.66. The number of hydrogen-bond donors (Lipinski definition) is 0. The Balaban J connectivity index is 0.972. The first kappa shape index (κ1) is 31.0. The second-order valence-electron chi connectivity index (χ2n) is 14.9. The monoisotopic (exact) mass is 710 g/mol. The molecule has 0 atom stereocenters. The number of aromatic nitrogens is 2. The zero-order valence-corrected chi connectivity index (χ0v) is 30.5. The van der Waals surface area contributed by atoms with Gasteiger partial charge in [0.2, 0.25) is 0 Å². The smallest absolute Gasteiger partial charge is 0.0547 e. The van der Waals surface area contributed by atoms with Crippen molar-refractivity contribution in [2.24, 2.45) is 0 Å². The van der Waals surface area contributed by atoms with Crippen LogP contribution in [-0.2, 0) is 0 Å². The molecule has 0 N–H and O–H groups in total. The van der Waals surface area contributed by atoms with Gasteiger partial charge in [0.1, 0.15) is 0 Å². The predicted octanol–water partition coefficient (Wildman–Crippen LogP) is 14.7. The molecule has 0 amide bonds. The van der Waals surface area contributed by atoms with E-state index in [4.69, 9.17) is 0 Å². The highest BCUT2D eigenvalue weighted by Crippen LogP contribution is 2.40. The number of fused-ring (bicyclic) bond motifs is 12. The molecule has 0 saturated carbocycles. The summed E-state index contributed by atoms with van der Waals surface area (Å²) in [6, 6.07) is 75.7. The summed E-state index contributed by atoms with van der Waals surface area (Å²) in [4.78, 5) is 0. The summed E-state index contributed by atoms with van der Waals surface area (Å²) >= 11 is 0. The van der Waals surface area contributed by atoms with Gasteiger partial charge in [-0.1, -0.05) is 146 Å². The van der Waals surface area contributed by atoms with E-state index in [1.807, 2.05) is 0 Å². The van der Waals surface area contributed by atoms with Crippen LogP contribution in [0.25, 0.3) is 110 Å². The molecule has 260 valence electrons. The normalized spacial score (nSPS) is 11.9. The fourth-order valence-electron chi connectivity index (χ4n) is 9.33. The minimum atomic E-state index is 1.15. The van der Waals surface area contributed by atoms with Crippen molar-refractivity contribution in [2.75, 3.05) is 0 Å². The molecule has 0 aliphatic carbocycles. The third-order valence-corrected chi connectivity index (χ3v) is 11.9. The van der Waals surface area contributed by atoms with E-state index in [1.165, 1.54) is 104 Å². The van der Waals surface area contributed by atoms with Gasteiger partial charge in [-0.05, 0) is 115 Å². The van der Waals surface area contributed by atoms with Crippen LogP contribution < -0.4 is 0 Å². The number of rotatable bonds is 4. The quantitative estimate of drug-likeness (QED) is 0.161. The summed E-state index contributed by atoms with van der Waals surface area (Å²) in [6.45, 7) is 0. The first-order valence-electron chi connectivity index (χ1n) is 19.3. The maximum absolute atomic E-state index is 2.41. The van der Waals surface area contributed by atoms with E-state index in [0.29, 0.717) is 0 Å². The van der Waals surface area contributed by atoms with Gasteiger partial charge in [-0.15, -0.1) is 0 Å². The van der Waals surface area contributed by atoms with E-state index in [0.717, 1.165) is 5.69 Å². The highest BCUT2D eigenvalue weighted by molar-refractivity contribution is 6.25. The molecule has 12 aromatic rings. The van der Waals surface area contributed by atoms with Gasteiger partial charge in [0.05, 0.1) is 22.1 Å². The Morgan fingerprint density at radius 2 is 0.571 bits per heavy atom. The van der Waals surface area contributed by atoms with E-state index < -0.39 is 0 Å². The standard InChI is InChI=1S/C54H34N2/c1-2-12-39(13-3-1)56-51-20-10-8-18-46(51)48-30-25-38(34-54(48)56)37-26-31-53-50(33-37)47-19-9-11-21-52(47)55(53)40-27-22-35(23-28-40)36-24-29-45-43-16-5-4-14-41(43)42-15-6-7-17-44(42)49(45)32-36/h1-34H. The number of benzene rings is 10. The van der Waals surface area contributed by atoms with Crippen LogP contribution in [0.4, 0.5) is 0 Å². The molecule has 2 heterocycles. The van der Waals surface area contributed by atoms with Crippen molar-refractivity contribution in [2.45, 2.75) is 0 Å². The molecule has 0 radical (unpaired) electrons. The molecule has 2 heteroatoms. The summed E-state index contributed by atoms with van der Waals surface area (Å²) in [5.74, 6) is 0. The van der Waals surface area contributed by atoms with Gasteiger partial charge in [-0.2, -0.15) is 0 Å². The molecule has 2 aromatic heterocycles. The van der Waals surface area contributed by atoms with Crippen LogP contribution >= 0.6 is 0 Å². The van der Waals surface area contributed by atoms with E-state index in [2.05, 4.69) is 215 Å². The van der Waals surface area contributed by atoms with Gasteiger partial charge in [0.25, 0.3) is 0 Å².